The predicted octanol–water partition coefficient (Wildman–Crippen LogP) is 4.78. The Balaban J connectivity index is 1.53. The van der Waals surface area contributed by atoms with Crippen LogP contribution in [-0.2, 0) is 4.79 Å². The molecule has 0 bridgehead atoms. The number of nitrogens with one attached hydrogen (secondary N) is 2. The van der Waals surface area contributed by atoms with Gasteiger partial charge in [0.2, 0.25) is 11.0 Å². The van der Waals surface area contributed by atoms with Crippen LogP contribution in [0.2, 0.25) is 0 Å². The van der Waals surface area contributed by atoms with Crippen LogP contribution in [0, 0.1) is 0 Å². The van der Waals surface area contributed by atoms with Crippen LogP contribution in [0.5, 0.6) is 5.75 Å². The summed E-state index contributed by atoms with van der Waals surface area (Å²) in [7, 11) is 1.62. The highest BCUT2D eigenvalue weighted by Gasteiger charge is 2.10. The minimum absolute atomic E-state index is 0.0978. The lowest BCUT2D eigenvalue weighted by Gasteiger charge is -2.05. The number of benzene rings is 2. The number of ether oxygens (including phenoxy) is 1. The van der Waals surface area contributed by atoms with Crippen LogP contribution >= 0.6 is 39.0 Å². The number of rotatable bonds is 7. The van der Waals surface area contributed by atoms with E-state index in [-0.39, 0.29) is 11.7 Å². The Morgan fingerprint density at radius 2 is 2.08 bits per heavy atom. The van der Waals surface area contributed by atoms with Gasteiger partial charge < -0.3 is 15.4 Å². The second kappa shape index (κ2) is 9.02. The van der Waals surface area contributed by atoms with E-state index in [2.05, 4.69) is 36.8 Å². The van der Waals surface area contributed by atoms with E-state index in [0.717, 1.165) is 25.9 Å². The Kier molecular flexibility index (Phi) is 6.48. The Hall–Kier alpha value is -2.10. The SMILES string of the molecule is COc1cccc(Nc2nnc(SCC(=O)Nc3ccccc3Br)s2)c1. The van der Waals surface area contributed by atoms with E-state index in [1.165, 1.54) is 23.1 Å². The fraction of sp³-hybridized carbons (Fsp3) is 0.118. The van der Waals surface area contributed by atoms with Crippen molar-refractivity contribution >= 4 is 61.4 Å². The van der Waals surface area contributed by atoms with Crippen molar-refractivity contribution in [3.63, 3.8) is 0 Å². The molecule has 0 saturated heterocycles. The minimum atomic E-state index is -0.0978. The molecular formula is C17H15BrN4O2S2. The van der Waals surface area contributed by atoms with Gasteiger partial charge in [0.15, 0.2) is 4.34 Å². The van der Waals surface area contributed by atoms with Crippen molar-refractivity contribution in [3.05, 3.63) is 53.0 Å². The third-order valence-corrected chi connectivity index (χ3v) is 5.87. The normalized spacial score (nSPS) is 10.4. The van der Waals surface area contributed by atoms with Gasteiger partial charge in [-0.2, -0.15) is 0 Å². The highest BCUT2D eigenvalue weighted by molar-refractivity contribution is 9.10. The zero-order valence-electron chi connectivity index (χ0n) is 13.7. The number of amides is 1. The summed E-state index contributed by atoms with van der Waals surface area (Å²) in [6.07, 6.45) is 0. The maximum absolute atomic E-state index is 12.1. The van der Waals surface area contributed by atoms with Gasteiger partial charge in [0.1, 0.15) is 5.75 Å². The van der Waals surface area contributed by atoms with Gasteiger partial charge in [-0.3, -0.25) is 4.79 Å². The van der Waals surface area contributed by atoms with E-state index in [9.17, 15) is 4.79 Å². The lowest BCUT2D eigenvalue weighted by Crippen LogP contribution is -2.14. The lowest BCUT2D eigenvalue weighted by atomic mass is 10.3. The molecule has 0 unspecified atom stereocenters. The molecule has 0 fully saturated rings. The number of methoxy groups -OCH3 is 1. The zero-order valence-corrected chi connectivity index (χ0v) is 17.0. The largest absolute Gasteiger partial charge is 0.497 e. The molecule has 26 heavy (non-hydrogen) atoms. The predicted molar refractivity (Wildman–Crippen MR) is 110 cm³/mol. The van der Waals surface area contributed by atoms with Gasteiger partial charge in [-0.05, 0) is 40.2 Å². The van der Waals surface area contributed by atoms with Gasteiger partial charge in [0.25, 0.3) is 0 Å². The molecule has 6 nitrogen and oxygen atoms in total. The number of thioether (sulfide) groups is 1. The molecule has 1 amide bonds. The standard InChI is InChI=1S/C17H15BrN4O2S2/c1-24-12-6-4-5-11(9-12)19-16-21-22-17(26-16)25-10-15(23)20-14-8-3-2-7-13(14)18/h2-9H,10H2,1H3,(H,19,21)(H,20,23). The Bertz CT molecular complexity index is 904. The molecule has 0 radical (unpaired) electrons. The number of hydrogen-bond donors (Lipinski definition) is 2. The van der Waals surface area contributed by atoms with Crippen LogP contribution in [0.3, 0.4) is 0 Å². The molecule has 1 heterocycles. The fourth-order valence-electron chi connectivity index (χ4n) is 2.02. The summed E-state index contributed by atoms with van der Waals surface area (Å²) in [5.41, 5.74) is 1.61. The van der Waals surface area contributed by atoms with Crippen LogP contribution in [0.15, 0.2) is 57.3 Å². The van der Waals surface area contributed by atoms with Crippen LogP contribution in [-0.4, -0.2) is 29.0 Å². The number of halogens is 1. The van der Waals surface area contributed by atoms with Gasteiger partial charge in [-0.25, -0.2) is 0 Å². The average Bonchev–Trinajstić information content (AvgIpc) is 3.09. The molecule has 0 aliphatic rings. The summed E-state index contributed by atoms with van der Waals surface area (Å²) >= 11 is 6.14. The summed E-state index contributed by atoms with van der Waals surface area (Å²) < 4.78 is 6.76. The molecule has 1 aromatic heterocycles. The van der Waals surface area contributed by atoms with E-state index in [4.69, 9.17) is 4.74 Å². The van der Waals surface area contributed by atoms with Crippen molar-refractivity contribution in [2.75, 3.05) is 23.5 Å². The summed E-state index contributed by atoms with van der Waals surface area (Å²) in [5, 5.41) is 14.9. The number of hydrogen-bond acceptors (Lipinski definition) is 7. The van der Waals surface area contributed by atoms with Gasteiger partial charge in [0.05, 0.1) is 18.6 Å². The first-order chi connectivity index (χ1) is 12.6. The number of nitrogens with zero attached hydrogens (tertiary/aromatic N) is 2. The third-order valence-electron chi connectivity index (χ3n) is 3.20. The molecule has 134 valence electrons. The zero-order chi connectivity index (χ0) is 18.4. The molecular weight excluding hydrogens is 436 g/mol. The molecule has 0 aliphatic heterocycles. The highest BCUT2D eigenvalue weighted by atomic mass is 79.9. The van der Waals surface area contributed by atoms with E-state index < -0.39 is 0 Å². The van der Waals surface area contributed by atoms with E-state index in [1.807, 2.05) is 48.5 Å². The molecule has 3 rings (SSSR count). The molecule has 0 atom stereocenters. The van der Waals surface area contributed by atoms with E-state index >= 15 is 0 Å². The summed E-state index contributed by atoms with van der Waals surface area (Å²) in [6, 6.07) is 15.0. The monoisotopic (exact) mass is 450 g/mol. The minimum Gasteiger partial charge on any atom is -0.497 e. The van der Waals surface area contributed by atoms with Crippen LogP contribution in [0.4, 0.5) is 16.5 Å². The highest BCUT2D eigenvalue weighted by Crippen LogP contribution is 2.29. The third kappa shape index (κ3) is 5.20. The maximum atomic E-state index is 12.1. The molecule has 3 aromatic rings. The summed E-state index contributed by atoms with van der Waals surface area (Å²) in [4.78, 5) is 12.1. The molecule has 0 spiro atoms. The number of aromatic nitrogens is 2. The summed E-state index contributed by atoms with van der Waals surface area (Å²) in [6.45, 7) is 0. The van der Waals surface area contributed by atoms with Crippen molar-refractivity contribution < 1.29 is 9.53 Å². The van der Waals surface area contributed by atoms with E-state index in [1.54, 1.807) is 7.11 Å². The van der Waals surface area contributed by atoms with Crippen LogP contribution in [0.25, 0.3) is 0 Å². The molecule has 9 heteroatoms. The Morgan fingerprint density at radius 3 is 2.88 bits per heavy atom. The maximum Gasteiger partial charge on any atom is 0.234 e. The lowest BCUT2D eigenvalue weighted by molar-refractivity contribution is -0.113. The number of para-hydroxylation sites is 1. The Morgan fingerprint density at radius 1 is 1.23 bits per heavy atom. The van der Waals surface area contributed by atoms with Crippen LogP contribution < -0.4 is 15.4 Å². The first-order valence-corrected chi connectivity index (χ1v) is 10.2. The quantitative estimate of drug-likeness (QED) is 0.504. The van der Waals surface area contributed by atoms with E-state index in [0.29, 0.717) is 5.13 Å². The molecule has 2 aromatic carbocycles. The number of carbonyl (C=O) groups excluding carboxylic acids is 1. The number of anilines is 3. The Labute approximate surface area is 167 Å². The van der Waals surface area contributed by atoms with Crippen molar-refractivity contribution in [1.29, 1.82) is 0 Å². The first-order valence-electron chi connectivity index (χ1n) is 7.56. The van der Waals surface area contributed by atoms with Gasteiger partial charge >= 0.3 is 0 Å². The second-order valence-corrected chi connectivity index (χ2v) is 8.10. The van der Waals surface area contributed by atoms with Gasteiger partial charge in [-0.1, -0.05) is 41.3 Å². The van der Waals surface area contributed by atoms with Crippen molar-refractivity contribution in [2.45, 2.75) is 4.34 Å². The first kappa shape index (κ1) is 18.7. The molecule has 0 aliphatic carbocycles. The topological polar surface area (TPSA) is 76.1 Å². The fourth-order valence-corrected chi connectivity index (χ4v) is 3.98. The number of carbonyl (C=O) groups is 1. The smallest absolute Gasteiger partial charge is 0.234 e. The van der Waals surface area contributed by atoms with Gasteiger partial charge in [-0.15, -0.1) is 10.2 Å². The average molecular weight is 451 g/mol. The molecule has 2 N–H and O–H groups in total. The van der Waals surface area contributed by atoms with Crippen molar-refractivity contribution in [2.24, 2.45) is 0 Å². The van der Waals surface area contributed by atoms with Gasteiger partial charge in [0, 0.05) is 16.2 Å². The molecule has 0 saturated carbocycles. The van der Waals surface area contributed by atoms with Crippen molar-refractivity contribution in [3.8, 4) is 5.75 Å². The second-order valence-electron chi connectivity index (χ2n) is 5.05. The van der Waals surface area contributed by atoms with Crippen LogP contribution in [0.1, 0.15) is 0 Å². The van der Waals surface area contributed by atoms with Crippen molar-refractivity contribution in [1.82, 2.24) is 10.2 Å². The summed E-state index contributed by atoms with van der Waals surface area (Å²) in [5.74, 6) is 0.923.